The van der Waals surface area contributed by atoms with Crippen LogP contribution in [0.5, 0.6) is 0 Å². The summed E-state index contributed by atoms with van der Waals surface area (Å²) in [5.74, 6) is 0.806. The number of anilines is 1. The second-order valence-corrected chi connectivity index (χ2v) is 6.04. The third kappa shape index (κ3) is 3.34. The molecule has 0 radical (unpaired) electrons. The summed E-state index contributed by atoms with van der Waals surface area (Å²) < 4.78 is 0. The van der Waals surface area contributed by atoms with E-state index in [0.717, 1.165) is 25.3 Å². The highest BCUT2D eigenvalue weighted by atomic mass is 35.5. The second-order valence-electron chi connectivity index (χ2n) is 5.22. The average Bonchev–Trinajstić information content (AvgIpc) is 2.99. The number of nitrogens with zero attached hydrogens (tertiary/aromatic N) is 2. The Hall–Kier alpha value is -1.78. The fourth-order valence-corrected chi connectivity index (χ4v) is 2.83. The van der Waals surface area contributed by atoms with Crippen molar-refractivity contribution in [2.24, 2.45) is 0 Å². The molecule has 0 aliphatic carbocycles. The molecular formula is C16H15Cl2N3O. The fraction of sp³-hybridized carbons (Fsp3) is 0.250. The number of halogens is 2. The van der Waals surface area contributed by atoms with Gasteiger partial charge in [-0.25, -0.2) is 4.98 Å². The molecule has 1 atom stereocenters. The van der Waals surface area contributed by atoms with Gasteiger partial charge >= 0.3 is 0 Å². The van der Waals surface area contributed by atoms with E-state index in [4.69, 9.17) is 23.2 Å². The molecule has 6 heteroatoms. The number of nitrogens with one attached hydrogen (secondary N) is 1. The molecule has 0 spiro atoms. The summed E-state index contributed by atoms with van der Waals surface area (Å²) >= 11 is 11.8. The Kier molecular flexibility index (Phi) is 4.50. The number of pyridine rings is 1. The quantitative estimate of drug-likeness (QED) is 0.934. The van der Waals surface area contributed by atoms with Gasteiger partial charge in [-0.05, 0) is 36.8 Å². The SMILES string of the molecule is O=C(N[C@@H]1CCN(c2ccccn2)C1)c1ccc(Cl)c(Cl)c1. The van der Waals surface area contributed by atoms with E-state index >= 15 is 0 Å². The predicted molar refractivity (Wildman–Crippen MR) is 88.8 cm³/mol. The fourth-order valence-electron chi connectivity index (χ4n) is 2.53. The normalized spacial score (nSPS) is 17.5. The van der Waals surface area contributed by atoms with Crippen LogP contribution in [0.25, 0.3) is 0 Å². The predicted octanol–water partition coefficient (Wildman–Crippen LogP) is 3.40. The minimum atomic E-state index is -0.133. The summed E-state index contributed by atoms with van der Waals surface area (Å²) in [5.41, 5.74) is 0.519. The van der Waals surface area contributed by atoms with Crippen molar-refractivity contribution in [3.05, 3.63) is 58.2 Å². The standard InChI is InChI=1S/C16H15Cl2N3O/c17-13-5-4-11(9-14(13)18)16(22)20-12-6-8-21(10-12)15-3-1-2-7-19-15/h1-5,7,9,12H,6,8,10H2,(H,20,22)/t12-/m1/s1. The smallest absolute Gasteiger partial charge is 0.251 e. The second kappa shape index (κ2) is 6.55. The third-order valence-corrected chi connectivity index (χ3v) is 4.42. The van der Waals surface area contributed by atoms with Crippen LogP contribution in [0.15, 0.2) is 42.6 Å². The molecule has 114 valence electrons. The molecule has 1 amide bonds. The zero-order chi connectivity index (χ0) is 15.5. The molecule has 1 aromatic heterocycles. The van der Waals surface area contributed by atoms with Crippen LogP contribution in [-0.4, -0.2) is 30.0 Å². The third-order valence-electron chi connectivity index (χ3n) is 3.68. The molecule has 1 aliphatic rings. The Morgan fingerprint density at radius 2 is 2.09 bits per heavy atom. The number of aromatic nitrogens is 1. The van der Waals surface area contributed by atoms with E-state index in [9.17, 15) is 4.79 Å². The summed E-state index contributed by atoms with van der Waals surface area (Å²) in [5, 5.41) is 3.86. The number of amides is 1. The summed E-state index contributed by atoms with van der Waals surface area (Å²) in [6.45, 7) is 1.63. The van der Waals surface area contributed by atoms with Gasteiger partial charge in [0.2, 0.25) is 0 Å². The Balaban J connectivity index is 1.62. The molecule has 0 saturated carbocycles. The number of benzene rings is 1. The topological polar surface area (TPSA) is 45.2 Å². The van der Waals surface area contributed by atoms with Gasteiger partial charge in [0.05, 0.1) is 10.0 Å². The highest BCUT2D eigenvalue weighted by molar-refractivity contribution is 6.42. The van der Waals surface area contributed by atoms with Gasteiger partial charge in [-0.2, -0.15) is 0 Å². The van der Waals surface area contributed by atoms with E-state index in [-0.39, 0.29) is 11.9 Å². The molecule has 1 aliphatic heterocycles. The molecule has 1 saturated heterocycles. The number of rotatable bonds is 3. The van der Waals surface area contributed by atoms with Crippen LogP contribution < -0.4 is 10.2 Å². The number of hydrogen-bond acceptors (Lipinski definition) is 3. The molecule has 1 fully saturated rings. The van der Waals surface area contributed by atoms with Gasteiger partial charge < -0.3 is 10.2 Å². The molecule has 1 N–H and O–H groups in total. The zero-order valence-corrected chi connectivity index (χ0v) is 13.3. The Morgan fingerprint density at radius 1 is 1.23 bits per heavy atom. The van der Waals surface area contributed by atoms with Crippen molar-refractivity contribution in [3.8, 4) is 0 Å². The van der Waals surface area contributed by atoms with E-state index in [1.165, 1.54) is 0 Å². The van der Waals surface area contributed by atoms with Crippen molar-refractivity contribution in [1.29, 1.82) is 0 Å². The maximum Gasteiger partial charge on any atom is 0.251 e. The summed E-state index contributed by atoms with van der Waals surface area (Å²) in [6, 6.07) is 10.8. The largest absolute Gasteiger partial charge is 0.354 e. The van der Waals surface area contributed by atoms with Gasteiger partial charge in [0.15, 0.2) is 0 Å². The van der Waals surface area contributed by atoms with E-state index in [1.807, 2.05) is 18.2 Å². The average molecular weight is 336 g/mol. The van der Waals surface area contributed by atoms with E-state index in [2.05, 4.69) is 15.2 Å². The van der Waals surface area contributed by atoms with E-state index in [0.29, 0.717) is 15.6 Å². The Morgan fingerprint density at radius 3 is 2.82 bits per heavy atom. The van der Waals surface area contributed by atoms with Crippen LogP contribution in [0.4, 0.5) is 5.82 Å². The van der Waals surface area contributed by atoms with Gasteiger partial charge in [-0.1, -0.05) is 29.3 Å². The number of hydrogen-bond donors (Lipinski definition) is 1. The maximum absolute atomic E-state index is 12.3. The first-order chi connectivity index (χ1) is 10.6. The van der Waals surface area contributed by atoms with Gasteiger partial charge in [-0.15, -0.1) is 0 Å². The molecule has 1 aromatic carbocycles. The Labute approximate surface area is 139 Å². The van der Waals surface area contributed by atoms with Crippen LogP contribution >= 0.6 is 23.2 Å². The molecule has 3 rings (SSSR count). The summed E-state index contributed by atoms with van der Waals surface area (Å²) in [6.07, 6.45) is 2.67. The molecular weight excluding hydrogens is 321 g/mol. The van der Waals surface area contributed by atoms with Crippen molar-refractivity contribution >= 4 is 34.9 Å². The van der Waals surface area contributed by atoms with Crippen molar-refractivity contribution < 1.29 is 4.79 Å². The van der Waals surface area contributed by atoms with Crippen LogP contribution in [0.2, 0.25) is 10.0 Å². The number of carbonyl (C=O) groups is 1. The van der Waals surface area contributed by atoms with Crippen molar-refractivity contribution in [2.45, 2.75) is 12.5 Å². The van der Waals surface area contributed by atoms with Crippen LogP contribution in [-0.2, 0) is 0 Å². The first-order valence-electron chi connectivity index (χ1n) is 7.05. The molecule has 0 bridgehead atoms. The first kappa shape index (κ1) is 15.1. The van der Waals surface area contributed by atoms with E-state index < -0.39 is 0 Å². The summed E-state index contributed by atoms with van der Waals surface area (Å²) in [4.78, 5) is 18.8. The lowest BCUT2D eigenvalue weighted by atomic mass is 10.2. The van der Waals surface area contributed by atoms with Crippen molar-refractivity contribution in [3.63, 3.8) is 0 Å². The Bertz CT molecular complexity index is 678. The van der Waals surface area contributed by atoms with Gasteiger partial charge in [0, 0.05) is 30.9 Å². The maximum atomic E-state index is 12.3. The van der Waals surface area contributed by atoms with Crippen LogP contribution in [0.1, 0.15) is 16.8 Å². The zero-order valence-electron chi connectivity index (χ0n) is 11.8. The molecule has 2 aromatic rings. The van der Waals surface area contributed by atoms with E-state index in [1.54, 1.807) is 24.4 Å². The van der Waals surface area contributed by atoms with Crippen LogP contribution in [0.3, 0.4) is 0 Å². The summed E-state index contributed by atoms with van der Waals surface area (Å²) in [7, 11) is 0. The minimum Gasteiger partial charge on any atom is -0.354 e. The monoisotopic (exact) mass is 335 g/mol. The minimum absolute atomic E-state index is 0.101. The molecule has 2 heterocycles. The lowest BCUT2D eigenvalue weighted by Gasteiger charge is -2.17. The lowest BCUT2D eigenvalue weighted by Crippen LogP contribution is -2.37. The van der Waals surface area contributed by atoms with Crippen molar-refractivity contribution in [1.82, 2.24) is 10.3 Å². The molecule has 0 unspecified atom stereocenters. The van der Waals surface area contributed by atoms with Gasteiger partial charge in [0.1, 0.15) is 5.82 Å². The first-order valence-corrected chi connectivity index (χ1v) is 7.81. The lowest BCUT2D eigenvalue weighted by molar-refractivity contribution is 0.0940. The van der Waals surface area contributed by atoms with Gasteiger partial charge in [-0.3, -0.25) is 4.79 Å². The van der Waals surface area contributed by atoms with Gasteiger partial charge in [0.25, 0.3) is 5.91 Å². The number of carbonyl (C=O) groups excluding carboxylic acids is 1. The van der Waals surface area contributed by atoms with Crippen LogP contribution in [0, 0.1) is 0 Å². The van der Waals surface area contributed by atoms with Crippen molar-refractivity contribution in [2.75, 3.05) is 18.0 Å². The molecule has 4 nitrogen and oxygen atoms in total. The highest BCUT2D eigenvalue weighted by Crippen LogP contribution is 2.23. The molecule has 22 heavy (non-hydrogen) atoms. The highest BCUT2D eigenvalue weighted by Gasteiger charge is 2.25.